The van der Waals surface area contributed by atoms with E-state index in [9.17, 15) is 4.79 Å². The van der Waals surface area contributed by atoms with Crippen molar-refractivity contribution in [1.29, 1.82) is 0 Å². The summed E-state index contributed by atoms with van der Waals surface area (Å²) in [7, 11) is 0. The van der Waals surface area contributed by atoms with Crippen LogP contribution in [0.1, 0.15) is 22.4 Å². The summed E-state index contributed by atoms with van der Waals surface area (Å²) in [6.45, 7) is 8.59. The van der Waals surface area contributed by atoms with Crippen molar-refractivity contribution >= 4 is 17.2 Å². The second-order valence-electron chi connectivity index (χ2n) is 6.93. The van der Waals surface area contributed by atoms with Crippen LogP contribution in [0.2, 0.25) is 0 Å². The SMILES string of the molecule is Cc1cc(N2CCN(Cc3ccc(C)c(C)c3)C(=O)C2)c2nncn2n1. The predicted molar refractivity (Wildman–Crippen MR) is 99.1 cm³/mol. The van der Waals surface area contributed by atoms with E-state index >= 15 is 0 Å². The normalized spacial score (nSPS) is 15.1. The van der Waals surface area contributed by atoms with Crippen LogP contribution in [0.4, 0.5) is 5.69 Å². The van der Waals surface area contributed by atoms with Crippen molar-refractivity contribution in [1.82, 2.24) is 24.7 Å². The number of piperazine rings is 1. The maximum Gasteiger partial charge on any atom is 0.242 e. The first-order chi connectivity index (χ1) is 12.5. The predicted octanol–water partition coefficient (Wildman–Crippen LogP) is 1.90. The molecule has 26 heavy (non-hydrogen) atoms. The highest BCUT2D eigenvalue weighted by Gasteiger charge is 2.26. The molecule has 0 radical (unpaired) electrons. The zero-order chi connectivity index (χ0) is 18.3. The number of carbonyl (C=O) groups is 1. The summed E-state index contributed by atoms with van der Waals surface area (Å²) >= 11 is 0. The summed E-state index contributed by atoms with van der Waals surface area (Å²) in [5.41, 5.74) is 6.18. The van der Waals surface area contributed by atoms with E-state index in [1.54, 1.807) is 10.8 Å². The largest absolute Gasteiger partial charge is 0.357 e. The number of benzene rings is 1. The summed E-state index contributed by atoms with van der Waals surface area (Å²) < 4.78 is 1.66. The molecule has 0 aliphatic carbocycles. The van der Waals surface area contributed by atoms with E-state index in [1.807, 2.05) is 17.9 Å². The van der Waals surface area contributed by atoms with Crippen LogP contribution >= 0.6 is 0 Å². The van der Waals surface area contributed by atoms with E-state index < -0.39 is 0 Å². The first kappa shape index (κ1) is 16.5. The fraction of sp³-hybridized carbons (Fsp3) is 0.368. The van der Waals surface area contributed by atoms with Crippen molar-refractivity contribution < 1.29 is 4.79 Å². The molecule has 2 aromatic heterocycles. The van der Waals surface area contributed by atoms with Crippen LogP contribution in [-0.4, -0.2) is 50.3 Å². The minimum atomic E-state index is 0.126. The molecule has 1 saturated heterocycles. The first-order valence-corrected chi connectivity index (χ1v) is 8.78. The van der Waals surface area contributed by atoms with Crippen LogP contribution in [0.15, 0.2) is 30.6 Å². The van der Waals surface area contributed by atoms with Gasteiger partial charge in [-0.2, -0.15) is 9.61 Å². The molecular formula is C19H22N6O. The zero-order valence-corrected chi connectivity index (χ0v) is 15.3. The van der Waals surface area contributed by atoms with Crippen LogP contribution in [0.25, 0.3) is 5.65 Å². The molecule has 1 aliphatic rings. The Morgan fingerprint density at radius 1 is 1.08 bits per heavy atom. The van der Waals surface area contributed by atoms with Gasteiger partial charge in [0.2, 0.25) is 11.6 Å². The molecule has 3 heterocycles. The molecule has 0 atom stereocenters. The highest BCUT2D eigenvalue weighted by atomic mass is 16.2. The minimum Gasteiger partial charge on any atom is -0.357 e. The molecule has 0 N–H and O–H groups in total. The second-order valence-corrected chi connectivity index (χ2v) is 6.93. The number of aryl methyl sites for hydroxylation is 3. The summed E-state index contributed by atoms with van der Waals surface area (Å²) in [5.74, 6) is 0.126. The Morgan fingerprint density at radius 3 is 2.69 bits per heavy atom. The second kappa shape index (κ2) is 6.40. The van der Waals surface area contributed by atoms with Crippen molar-refractivity contribution in [2.45, 2.75) is 27.3 Å². The number of hydrogen-bond acceptors (Lipinski definition) is 5. The fourth-order valence-corrected chi connectivity index (χ4v) is 3.37. The van der Waals surface area contributed by atoms with Crippen LogP contribution in [0.5, 0.6) is 0 Å². The standard InChI is InChI=1S/C19H22N6O/c1-13-4-5-16(8-14(13)2)10-24-7-6-23(11-18(24)26)17-9-15(3)22-25-12-20-21-19(17)25/h4-5,8-9,12H,6-7,10-11H2,1-3H3. The van der Waals surface area contributed by atoms with E-state index in [0.717, 1.165) is 17.9 Å². The van der Waals surface area contributed by atoms with Gasteiger partial charge in [-0.25, -0.2) is 0 Å². The van der Waals surface area contributed by atoms with E-state index in [2.05, 4.69) is 52.2 Å². The molecule has 1 amide bonds. The average molecular weight is 350 g/mol. The molecule has 0 unspecified atom stereocenters. The van der Waals surface area contributed by atoms with Crippen LogP contribution in [0, 0.1) is 20.8 Å². The summed E-state index contributed by atoms with van der Waals surface area (Å²) in [6.07, 6.45) is 1.59. The number of fused-ring (bicyclic) bond motifs is 1. The fourth-order valence-electron chi connectivity index (χ4n) is 3.37. The number of amides is 1. The minimum absolute atomic E-state index is 0.126. The third-order valence-electron chi connectivity index (χ3n) is 4.97. The van der Waals surface area contributed by atoms with Crippen molar-refractivity contribution in [2.24, 2.45) is 0 Å². The van der Waals surface area contributed by atoms with E-state index in [4.69, 9.17) is 0 Å². The van der Waals surface area contributed by atoms with Gasteiger partial charge in [0.25, 0.3) is 0 Å². The Labute approximate surface area is 152 Å². The Balaban J connectivity index is 1.52. The van der Waals surface area contributed by atoms with Crippen LogP contribution < -0.4 is 4.90 Å². The zero-order valence-electron chi connectivity index (χ0n) is 15.3. The lowest BCUT2D eigenvalue weighted by molar-refractivity contribution is -0.131. The highest BCUT2D eigenvalue weighted by Crippen LogP contribution is 2.23. The molecule has 134 valence electrons. The lowest BCUT2D eigenvalue weighted by atomic mass is 10.1. The molecule has 3 aromatic rings. The van der Waals surface area contributed by atoms with Crippen LogP contribution in [0.3, 0.4) is 0 Å². The third-order valence-corrected chi connectivity index (χ3v) is 4.97. The van der Waals surface area contributed by atoms with Gasteiger partial charge < -0.3 is 9.80 Å². The molecule has 1 fully saturated rings. The van der Waals surface area contributed by atoms with Gasteiger partial charge in [-0.15, -0.1) is 10.2 Å². The molecule has 1 aliphatic heterocycles. The van der Waals surface area contributed by atoms with Gasteiger partial charge in [0.05, 0.1) is 17.9 Å². The molecule has 7 nitrogen and oxygen atoms in total. The molecule has 0 spiro atoms. The summed E-state index contributed by atoms with van der Waals surface area (Å²) in [4.78, 5) is 16.7. The van der Waals surface area contributed by atoms with Crippen molar-refractivity contribution in [2.75, 3.05) is 24.5 Å². The summed E-state index contributed by atoms with van der Waals surface area (Å²) in [6, 6.07) is 8.36. The summed E-state index contributed by atoms with van der Waals surface area (Å²) in [5, 5.41) is 12.4. The Morgan fingerprint density at radius 2 is 1.92 bits per heavy atom. The molecule has 1 aromatic carbocycles. The number of hydrogen-bond donors (Lipinski definition) is 0. The maximum absolute atomic E-state index is 12.7. The van der Waals surface area contributed by atoms with E-state index in [1.165, 1.54) is 16.7 Å². The molecule has 0 saturated carbocycles. The average Bonchev–Trinajstić information content (AvgIpc) is 3.07. The quantitative estimate of drug-likeness (QED) is 0.722. The van der Waals surface area contributed by atoms with Gasteiger partial charge >= 0.3 is 0 Å². The Hall–Kier alpha value is -2.96. The number of aromatic nitrogens is 4. The monoisotopic (exact) mass is 350 g/mol. The Bertz CT molecular complexity index is 979. The van der Waals surface area contributed by atoms with Gasteiger partial charge in [0.15, 0.2) is 0 Å². The molecule has 7 heteroatoms. The van der Waals surface area contributed by atoms with E-state index in [0.29, 0.717) is 25.3 Å². The van der Waals surface area contributed by atoms with E-state index in [-0.39, 0.29) is 5.91 Å². The lowest BCUT2D eigenvalue weighted by Crippen LogP contribution is -2.50. The van der Waals surface area contributed by atoms with Crippen molar-refractivity contribution in [3.63, 3.8) is 0 Å². The van der Waals surface area contributed by atoms with Gasteiger partial charge in [-0.3, -0.25) is 4.79 Å². The maximum atomic E-state index is 12.7. The lowest BCUT2D eigenvalue weighted by Gasteiger charge is -2.35. The smallest absolute Gasteiger partial charge is 0.242 e. The third kappa shape index (κ3) is 3.00. The molecule has 4 rings (SSSR count). The Kier molecular flexibility index (Phi) is 4.06. The number of rotatable bonds is 3. The number of nitrogens with zero attached hydrogens (tertiary/aromatic N) is 6. The van der Waals surface area contributed by atoms with Crippen LogP contribution in [-0.2, 0) is 11.3 Å². The number of anilines is 1. The highest BCUT2D eigenvalue weighted by molar-refractivity contribution is 5.84. The topological polar surface area (TPSA) is 66.6 Å². The molecule has 0 bridgehead atoms. The van der Waals surface area contributed by atoms with Gasteiger partial charge in [0.1, 0.15) is 6.33 Å². The first-order valence-electron chi connectivity index (χ1n) is 8.78. The molecular weight excluding hydrogens is 328 g/mol. The van der Waals surface area contributed by atoms with Crippen molar-refractivity contribution in [3.05, 3.63) is 53.0 Å². The van der Waals surface area contributed by atoms with Crippen molar-refractivity contribution in [3.8, 4) is 0 Å². The van der Waals surface area contributed by atoms with Gasteiger partial charge in [-0.1, -0.05) is 18.2 Å². The number of carbonyl (C=O) groups excluding carboxylic acids is 1. The van der Waals surface area contributed by atoms with Gasteiger partial charge in [-0.05, 0) is 43.5 Å². The van der Waals surface area contributed by atoms with Gasteiger partial charge in [0, 0.05) is 19.6 Å².